The van der Waals surface area contributed by atoms with Gasteiger partial charge in [0.1, 0.15) is 6.61 Å². The van der Waals surface area contributed by atoms with Crippen LogP contribution in [-0.4, -0.2) is 18.6 Å². The Labute approximate surface area is 93.7 Å². The van der Waals surface area contributed by atoms with Crippen LogP contribution in [0, 0.1) is 0 Å². The van der Waals surface area contributed by atoms with Gasteiger partial charge in [0, 0.05) is 17.0 Å². The van der Waals surface area contributed by atoms with Gasteiger partial charge in [-0.1, -0.05) is 16.8 Å². The van der Waals surface area contributed by atoms with Gasteiger partial charge in [-0.15, -0.1) is 0 Å². The molecule has 0 spiro atoms. The van der Waals surface area contributed by atoms with Crippen molar-refractivity contribution < 1.29 is 9.63 Å². The highest BCUT2D eigenvalue weighted by molar-refractivity contribution is 6.30. The first-order valence-corrected chi connectivity index (χ1v) is 5.04. The van der Waals surface area contributed by atoms with E-state index in [0.717, 1.165) is 0 Å². The fourth-order valence-corrected chi connectivity index (χ4v) is 1.13. The molecule has 1 aromatic rings. The molecule has 3 nitrogen and oxygen atoms in total. The van der Waals surface area contributed by atoms with Gasteiger partial charge in [-0.05, 0) is 31.2 Å². The predicted octanol–water partition coefficient (Wildman–Crippen LogP) is 2.94. The number of ketones is 1. The van der Waals surface area contributed by atoms with Crippen molar-refractivity contribution in [3.8, 4) is 0 Å². The summed E-state index contributed by atoms with van der Waals surface area (Å²) >= 11 is 5.70. The molecule has 0 atom stereocenters. The molecule has 15 heavy (non-hydrogen) atoms. The highest BCUT2D eigenvalue weighted by atomic mass is 35.5. The summed E-state index contributed by atoms with van der Waals surface area (Å²) in [5.74, 6) is -0.00452. The maximum absolute atomic E-state index is 11.5. The van der Waals surface area contributed by atoms with Crippen LogP contribution in [0.25, 0.3) is 0 Å². The molecule has 0 bridgehead atoms. The normalized spacial score (nSPS) is 10.5. The molecule has 80 valence electrons. The summed E-state index contributed by atoms with van der Waals surface area (Å²) < 4.78 is 0. The molecule has 0 aliphatic carbocycles. The first-order valence-electron chi connectivity index (χ1n) is 4.66. The van der Waals surface area contributed by atoms with Gasteiger partial charge in [-0.25, -0.2) is 0 Å². The minimum absolute atomic E-state index is 0.00452. The van der Waals surface area contributed by atoms with Crippen LogP contribution in [0.5, 0.6) is 0 Å². The van der Waals surface area contributed by atoms with Crippen LogP contribution in [0.15, 0.2) is 29.4 Å². The Morgan fingerprint density at radius 2 is 2.13 bits per heavy atom. The average Bonchev–Trinajstić information content (AvgIpc) is 2.25. The summed E-state index contributed by atoms with van der Waals surface area (Å²) in [6.45, 7) is 2.34. The average molecular weight is 226 g/mol. The molecule has 4 heteroatoms. The van der Waals surface area contributed by atoms with E-state index in [2.05, 4.69) is 5.16 Å². The SMILES string of the molecule is CCON=CCC(=O)c1ccc(Cl)cc1. The minimum Gasteiger partial charge on any atom is -0.396 e. The number of carbonyl (C=O) groups excluding carboxylic acids is 1. The summed E-state index contributed by atoms with van der Waals surface area (Å²) in [4.78, 5) is 16.3. The zero-order chi connectivity index (χ0) is 11.1. The quantitative estimate of drug-likeness (QED) is 0.439. The summed E-state index contributed by atoms with van der Waals surface area (Å²) in [6, 6.07) is 6.77. The van der Waals surface area contributed by atoms with E-state index >= 15 is 0 Å². The van der Waals surface area contributed by atoms with Crippen molar-refractivity contribution in [1.29, 1.82) is 0 Å². The van der Waals surface area contributed by atoms with Crippen LogP contribution >= 0.6 is 11.6 Å². The lowest BCUT2D eigenvalue weighted by Crippen LogP contribution is -1.99. The van der Waals surface area contributed by atoms with Crippen molar-refractivity contribution in [1.82, 2.24) is 0 Å². The third-order valence-corrected chi connectivity index (χ3v) is 1.97. The molecule has 0 saturated heterocycles. The lowest BCUT2D eigenvalue weighted by atomic mass is 10.1. The van der Waals surface area contributed by atoms with Crippen molar-refractivity contribution in [2.45, 2.75) is 13.3 Å². The molecule has 0 amide bonds. The van der Waals surface area contributed by atoms with Crippen molar-refractivity contribution >= 4 is 23.6 Å². The van der Waals surface area contributed by atoms with Crippen LogP contribution in [-0.2, 0) is 4.84 Å². The number of rotatable bonds is 5. The van der Waals surface area contributed by atoms with E-state index in [4.69, 9.17) is 16.4 Å². The van der Waals surface area contributed by atoms with Gasteiger partial charge in [-0.3, -0.25) is 4.79 Å². The molecule has 0 aliphatic heterocycles. The molecule has 0 N–H and O–H groups in total. The molecule has 0 saturated carbocycles. The lowest BCUT2D eigenvalue weighted by molar-refractivity contribution is 0.0998. The molecular weight excluding hydrogens is 214 g/mol. The smallest absolute Gasteiger partial charge is 0.168 e. The fraction of sp³-hybridized carbons (Fsp3) is 0.273. The Balaban J connectivity index is 2.50. The summed E-state index contributed by atoms with van der Waals surface area (Å²) in [5, 5.41) is 4.22. The summed E-state index contributed by atoms with van der Waals surface area (Å²) in [7, 11) is 0. The fourth-order valence-electron chi connectivity index (χ4n) is 1.00. The largest absolute Gasteiger partial charge is 0.396 e. The highest BCUT2D eigenvalue weighted by Gasteiger charge is 2.03. The standard InChI is InChI=1S/C11H12ClNO2/c1-2-15-13-8-7-11(14)9-3-5-10(12)6-4-9/h3-6,8H,2,7H2,1H3. The number of Topliss-reactive ketones (excluding diaryl/α,β-unsaturated/α-hetero) is 1. The Morgan fingerprint density at radius 3 is 2.73 bits per heavy atom. The van der Waals surface area contributed by atoms with E-state index in [-0.39, 0.29) is 12.2 Å². The Kier molecular flexibility index (Phi) is 4.84. The first-order chi connectivity index (χ1) is 7.24. The zero-order valence-corrected chi connectivity index (χ0v) is 9.20. The topological polar surface area (TPSA) is 38.7 Å². The lowest BCUT2D eigenvalue weighted by Gasteiger charge is -1.97. The molecule has 0 fully saturated rings. The van der Waals surface area contributed by atoms with Crippen LogP contribution in [0.3, 0.4) is 0 Å². The van der Waals surface area contributed by atoms with E-state index in [1.807, 2.05) is 6.92 Å². The number of oxime groups is 1. The van der Waals surface area contributed by atoms with Crippen molar-refractivity contribution in [2.24, 2.45) is 5.16 Å². The molecular formula is C11H12ClNO2. The van der Waals surface area contributed by atoms with Gasteiger partial charge >= 0.3 is 0 Å². The van der Waals surface area contributed by atoms with Gasteiger partial charge in [0.25, 0.3) is 0 Å². The third-order valence-electron chi connectivity index (χ3n) is 1.72. The number of nitrogens with zero attached hydrogens (tertiary/aromatic N) is 1. The van der Waals surface area contributed by atoms with E-state index in [9.17, 15) is 4.79 Å². The predicted molar refractivity (Wildman–Crippen MR) is 60.5 cm³/mol. The van der Waals surface area contributed by atoms with Crippen LogP contribution in [0.4, 0.5) is 0 Å². The van der Waals surface area contributed by atoms with E-state index in [1.54, 1.807) is 24.3 Å². The maximum Gasteiger partial charge on any atom is 0.168 e. The number of benzene rings is 1. The molecule has 0 aliphatic rings. The van der Waals surface area contributed by atoms with Gasteiger partial charge in [-0.2, -0.15) is 0 Å². The van der Waals surface area contributed by atoms with Crippen molar-refractivity contribution in [3.05, 3.63) is 34.9 Å². The van der Waals surface area contributed by atoms with E-state index in [0.29, 0.717) is 17.2 Å². The first kappa shape index (κ1) is 11.7. The number of hydrogen-bond acceptors (Lipinski definition) is 3. The number of carbonyl (C=O) groups is 1. The minimum atomic E-state index is -0.00452. The van der Waals surface area contributed by atoms with Crippen LogP contribution < -0.4 is 0 Å². The second-order valence-electron chi connectivity index (χ2n) is 2.84. The Morgan fingerprint density at radius 1 is 1.47 bits per heavy atom. The molecule has 0 unspecified atom stereocenters. The second kappa shape index (κ2) is 6.19. The number of hydrogen-bond donors (Lipinski definition) is 0. The maximum atomic E-state index is 11.5. The van der Waals surface area contributed by atoms with Crippen molar-refractivity contribution in [2.75, 3.05) is 6.61 Å². The Hall–Kier alpha value is -1.35. The van der Waals surface area contributed by atoms with Gasteiger partial charge in [0.05, 0.1) is 6.21 Å². The highest BCUT2D eigenvalue weighted by Crippen LogP contribution is 2.10. The molecule has 1 aromatic carbocycles. The van der Waals surface area contributed by atoms with Gasteiger partial charge in [0.15, 0.2) is 5.78 Å². The van der Waals surface area contributed by atoms with Crippen molar-refractivity contribution in [3.63, 3.8) is 0 Å². The monoisotopic (exact) mass is 225 g/mol. The van der Waals surface area contributed by atoms with Crippen LogP contribution in [0.2, 0.25) is 5.02 Å². The molecule has 0 radical (unpaired) electrons. The summed E-state index contributed by atoms with van der Waals surface area (Å²) in [5.41, 5.74) is 0.627. The third kappa shape index (κ3) is 4.13. The van der Waals surface area contributed by atoms with Gasteiger partial charge < -0.3 is 4.84 Å². The summed E-state index contributed by atoms with van der Waals surface area (Å²) in [6.07, 6.45) is 1.70. The molecule has 0 aromatic heterocycles. The van der Waals surface area contributed by atoms with E-state index in [1.165, 1.54) is 6.21 Å². The molecule has 0 heterocycles. The van der Waals surface area contributed by atoms with Crippen LogP contribution in [0.1, 0.15) is 23.7 Å². The van der Waals surface area contributed by atoms with Gasteiger partial charge in [0.2, 0.25) is 0 Å². The Bertz CT molecular complexity index is 346. The molecule has 1 rings (SSSR count). The van der Waals surface area contributed by atoms with E-state index < -0.39 is 0 Å². The second-order valence-corrected chi connectivity index (χ2v) is 3.28. The number of halogens is 1. The zero-order valence-electron chi connectivity index (χ0n) is 8.44.